The number of hydrogen-bond acceptors (Lipinski definition) is 3. The molecule has 1 saturated carbocycles. The first-order valence-electron chi connectivity index (χ1n) is 8.42. The van der Waals surface area contributed by atoms with Crippen LogP contribution in [0.3, 0.4) is 0 Å². The van der Waals surface area contributed by atoms with Gasteiger partial charge in [0.25, 0.3) is 5.91 Å². The summed E-state index contributed by atoms with van der Waals surface area (Å²) in [7, 11) is 0. The molecule has 2 amide bonds. The van der Waals surface area contributed by atoms with Crippen molar-refractivity contribution in [2.75, 3.05) is 13.1 Å². The van der Waals surface area contributed by atoms with Gasteiger partial charge in [-0.3, -0.25) is 9.59 Å². The minimum atomic E-state index is -0.0201. The SMILES string of the molecule is O=C(NCc1cccs1)[C@H]1C[C@]12CCN(C(=O)c1cccc(Cl)c1)C2. The van der Waals surface area contributed by atoms with Gasteiger partial charge in [0.05, 0.1) is 6.54 Å². The molecule has 1 aromatic heterocycles. The number of nitrogens with zero attached hydrogens (tertiary/aromatic N) is 1. The molecule has 1 aliphatic carbocycles. The average Bonchev–Trinajstić information content (AvgIpc) is 2.95. The van der Waals surface area contributed by atoms with E-state index < -0.39 is 0 Å². The predicted octanol–water partition coefficient (Wildman–Crippen LogP) is 3.57. The van der Waals surface area contributed by atoms with Crippen molar-refractivity contribution in [3.05, 3.63) is 57.2 Å². The van der Waals surface area contributed by atoms with Crippen molar-refractivity contribution in [2.24, 2.45) is 11.3 Å². The zero-order valence-corrected chi connectivity index (χ0v) is 15.3. The summed E-state index contributed by atoms with van der Waals surface area (Å²) in [5.41, 5.74) is 0.595. The summed E-state index contributed by atoms with van der Waals surface area (Å²) in [6.45, 7) is 1.96. The van der Waals surface area contributed by atoms with Gasteiger partial charge >= 0.3 is 0 Å². The first-order valence-corrected chi connectivity index (χ1v) is 9.68. The molecule has 6 heteroatoms. The molecule has 130 valence electrons. The van der Waals surface area contributed by atoms with Gasteiger partial charge in [-0.05, 0) is 42.5 Å². The van der Waals surface area contributed by atoms with Gasteiger partial charge in [-0.25, -0.2) is 0 Å². The first kappa shape index (κ1) is 16.6. The quantitative estimate of drug-likeness (QED) is 0.889. The van der Waals surface area contributed by atoms with E-state index in [9.17, 15) is 9.59 Å². The second-order valence-electron chi connectivity index (χ2n) is 6.90. The summed E-state index contributed by atoms with van der Waals surface area (Å²) in [5.74, 6) is 0.152. The molecule has 4 nitrogen and oxygen atoms in total. The van der Waals surface area contributed by atoms with Crippen LogP contribution in [0.2, 0.25) is 5.02 Å². The summed E-state index contributed by atoms with van der Waals surface area (Å²) >= 11 is 7.63. The molecule has 2 aromatic rings. The van der Waals surface area contributed by atoms with Crippen molar-refractivity contribution >= 4 is 34.8 Å². The van der Waals surface area contributed by atoms with Gasteiger partial charge in [-0.2, -0.15) is 0 Å². The van der Waals surface area contributed by atoms with Gasteiger partial charge < -0.3 is 10.2 Å². The van der Waals surface area contributed by atoms with Crippen molar-refractivity contribution in [3.8, 4) is 0 Å². The lowest BCUT2D eigenvalue weighted by Crippen LogP contribution is -2.31. The highest BCUT2D eigenvalue weighted by molar-refractivity contribution is 7.09. The number of thiophene rings is 1. The van der Waals surface area contributed by atoms with E-state index in [1.54, 1.807) is 35.6 Å². The molecule has 1 spiro atoms. The van der Waals surface area contributed by atoms with Crippen molar-refractivity contribution in [2.45, 2.75) is 19.4 Å². The Morgan fingerprint density at radius 2 is 2.20 bits per heavy atom. The van der Waals surface area contributed by atoms with Gasteiger partial charge in [0.15, 0.2) is 0 Å². The molecule has 2 heterocycles. The second kappa shape index (κ2) is 6.46. The Hall–Kier alpha value is -1.85. The minimum absolute atomic E-state index is 0.00372. The highest BCUT2D eigenvalue weighted by Crippen LogP contribution is 2.58. The van der Waals surface area contributed by atoms with Crippen molar-refractivity contribution < 1.29 is 9.59 Å². The molecule has 1 saturated heterocycles. The molecule has 2 atom stereocenters. The van der Waals surface area contributed by atoms with E-state index in [-0.39, 0.29) is 23.1 Å². The van der Waals surface area contributed by atoms with Crippen LogP contribution < -0.4 is 5.32 Å². The Kier molecular flexibility index (Phi) is 4.29. The van der Waals surface area contributed by atoms with E-state index in [1.165, 1.54) is 0 Å². The van der Waals surface area contributed by atoms with Crippen molar-refractivity contribution in [1.29, 1.82) is 0 Å². The van der Waals surface area contributed by atoms with Crippen LogP contribution in [0.5, 0.6) is 0 Å². The standard InChI is InChI=1S/C19H19ClN2O2S/c20-14-4-1-3-13(9-14)18(24)22-7-6-19(12-22)10-16(19)17(23)21-11-15-5-2-8-25-15/h1-5,8-9,16H,6-7,10-12H2,(H,21,23)/t16-,19+/m1/s1. The van der Waals surface area contributed by atoms with Gasteiger partial charge in [-0.15, -0.1) is 11.3 Å². The van der Waals surface area contributed by atoms with Gasteiger partial charge in [0.2, 0.25) is 5.91 Å². The minimum Gasteiger partial charge on any atom is -0.351 e. The van der Waals surface area contributed by atoms with Crippen LogP contribution in [0.4, 0.5) is 0 Å². The number of carbonyl (C=O) groups is 2. The molecule has 25 heavy (non-hydrogen) atoms. The molecule has 1 aromatic carbocycles. The number of carbonyl (C=O) groups excluding carboxylic acids is 2. The van der Waals surface area contributed by atoms with Crippen LogP contribution >= 0.6 is 22.9 Å². The fourth-order valence-electron chi connectivity index (χ4n) is 3.75. The molecule has 2 aliphatic rings. The van der Waals surface area contributed by atoms with Gasteiger partial charge in [0, 0.05) is 39.9 Å². The molecular weight excluding hydrogens is 356 g/mol. The third-order valence-electron chi connectivity index (χ3n) is 5.27. The Labute approximate surface area is 155 Å². The van der Waals surface area contributed by atoms with Crippen LogP contribution in [-0.2, 0) is 11.3 Å². The fraction of sp³-hybridized carbons (Fsp3) is 0.368. The molecule has 1 aliphatic heterocycles. The molecule has 4 rings (SSSR count). The summed E-state index contributed by atoms with van der Waals surface area (Å²) in [5, 5.41) is 5.61. The fourth-order valence-corrected chi connectivity index (χ4v) is 4.59. The van der Waals surface area contributed by atoms with Crippen molar-refractivity contribution in [3.63, 3.8) is 0 Å². The summed E-state index contributed by atoms with van der Waals surface area (Å²) in [6.07, 6.45) is 1.78. The zero-order valence-electron chi connectivity index (χ0n) is 13.7. The van der Waals surface area contributed by atoms with E-state index in [4.69, 9.17) is 11.6 Å². The maximum absolute atomic E-state index is 12.6. The number of halogens is 1. The van der Waals surface area contributed by atoms with Crippen LogP contribution in [0.15, 0.2) is 41.8 Å². The second-order valence-corrected chi connectivity index (χ2v) is 8.37. The highest BCUT2D eigenvalue weighted by Gasteiger charge is 2.61. The Morgan fingerprint density at radius 1 is 1.32 bits per heavy atom. The van der Waals surface area contributed by atoms with Gasteiger partial charge in [0.1, 0.15) is 0 Å². The highest BCUT2D eigenvalue weighted by atomic mass is 35.5. The Bertz CT molecular complexity index is 808. The summed E-state index contributed by atoms with van der Waals surface area (Å²) in [4.78, 5) is 28.1. The number of benzene rings is 1. The molecule has 0 radical (unpaired) electrons. The molecule has 0 bridgehead atoms. The summed E-state index contributed by atoms with van der Waals surface area (Å²) < 4.78 is 0. The third kappa shape index (κ3) is 3.31. The van der Waals surface area contributed by atoms with Crippen molar-refractivity contribution in [1.82, 2.24) is 10.2 Å². The van der Waals surface area contributed by atoms with E-state index in [1.807, 2.05) is 22.4 Å². The average molecular weight is 375 g/mol. The predicted molar refractivity (Wildman–Crippen MR) is 98.7 cm³/mol. The summed E-state index contributed by atoms with van der Waals surface area (Å²) in [6, 6.07) is 11.1. The smallest absolute Gasteiger partial charge is 0.253 e. The van der Waals surface area contributed by atoms with Crippen LogP contribution in [0.25, 0.3) is 0 Å². The lowest BCUT2D eigenvalue weighted by Gasteiger charge is -2.17. The van der Waals surface area contributed by atoms with Crippen LogP contribution in [-0.4, -0.2) is 29.8 Å². The lowest BCUT2D eigenvalue weighted by atomic mass is 10.0. The molecule has 1 N–H and O–H groups in total. The van der Waals surface area contributed by atoms with E-state index >= 15 is 0 Å². The van der Waals surface area contributed by atoms with Crippen LogP contribution in [0, 0.1) is 11.3 Å². The maximum Gasteiger partial charge on any atom is 0.253 e. The number of likely N-dealkylation sites (tertiary alicyclic amines) is 1. The van der Waals surface area contributed by atoms with E-state index in [0.29, 0.717) is 30.2 Å². The number of hydrogen-bond donors (Lipinski definition) is 1. The maximum atomic E-state index is 12.6. The largest absolute Gasteiger partial charge is 0.351 e. The number of amides is 2. The van der Waals surface area contributed by atoms with E-state index in [0.717, 1.165) is 17.7 Å². The number of rotatable bonds is 4. The zero-order chi connectivity index (χ0) is 17.4. The molecule has 0 unspecified atom stereocenters. The molecular formula is C19H19ClN2O2S. The van der Waals surface area contributed by atoms with E-state index in [2.05, 4.69) is 5.32 Å². The normalized spacial score (nSPS) is 24.5. The molecule has 2 fully saturated rings. The van der Waals surface area contributed by atoms with Gasteiger partial charge in [-0.1, -0.05) is 23.7 Å². The van der Waals surface area contributed by atoms with Crippen LogP contribution in [0.1, 0.15) is 28.1 Å². The topological polar surface area (TPSA) is 49.4 Å². The Morgan fingerprint density at radius 3 is 2.96 bits per heavy atom. The lowest BCUT2D eigenvalue weighted by molar-refractivity contribution is -0.123. The number of nitrogens with one attached hydrogen (secondary N) is 1. The first-order chi connectivity index (χ1) is 12.1. The monoisotopic (exact) mass is 374 g/mol. The third-order valence-corrected chi connectivity index (χ3v) is 6.38. The Balaban J connectivity index is 1.35.